The lowest BCUT2D eigenvalue weighted by atomic mass is 9.51. The average Bonchev–Trinajstić information content (AvgIpc) is 3.34. The number of carbonyl (C=O) groups is 2. The number of rotatable bonds is 3. The highest BCUT2D eigenvalue weighted by Crippen LogP contribution is 2.72. The maximum Gasteiger partial charge on any atom is 0.303 e. The number of hydrogen-bond donors (Lipinski definition) is 1. The number of epoxide rings is 1. The highest BCUT2D eigenvalue weighted by atomic mass is 16.7. The number of ether oxygens (including phenoxy) is 4. The first-order valence-corrected chi connectivity index (χ1v) is 9.13. The van der Waals surface area contributed by atoms with Crippen LogP contribution in [0.25, 0.3) is 0 Å². The lowest BCUT2D eigenvalue weighted by Crippen LogP contribution is -2.66. The van der Waals surface area contributed by atoms with E-state index in [9.17, 15) is 14.7 Å². The van der Waals surface area contributed by atoms with Crippen LogP contribution in [0.3, 0.4) is 0 Å². The first-order valence-electron chi connectivity index (χ1n) is 9.13. The second kappa shape index (κ2) is 5.53. The van der Waals surface area contributed by atoms with Gasteiger partial charge >= 0.3 is 11.9 Å². The van der Waals surface area contributed by atoms with Gasteiger partial charge in [0.1, 0.15) is 30.5 Å². The Balaban J connectivity index is 1.86. The molecule has 2 heterocycles. The highest BCUT2D eigenvalue weighted by Gasteiger charge is 2.85. The van der Waals surface area contributed by atoms with Crippen molar-refractivity contribution in [1.82, 2.24) is 0 Å². The molecule has 0 aromatic heterocycles. The van der Waals surface area contributed by atoms with Crippen molar-refractivity contribution in [3.63, 3.8) is 0 Å². The number of carbonyl (C=O) groups excluding carboxylic acids is 2. The molecule has 0 radical (unpaired) electrons. The number of allylic oxidation sites excluding steroid dienone is 1. The molecule has 0 amide bonds. The van der Waals surface area contributed by atoms with E-state index in [1.54, 1.807) is 0 Å². The molecule has 3 fully saturated rings. The fraction of sp³-hybridized carbons (Fsp3) is 0.789. The van der Waals surface area contributed by atoms with E-state index in [2.05, 4.69) is 6.08 Å². The van der Waals surface area contributed by atoms with E-state index in [1.807, 2.05) is 13.8 Å². The van der Waals surface area contributed by atoms with Gasteiger partial charge in [-0.2, -0.15) is 0 Å². The largest absolute Gasteiger partial charge is 0.465 e. The Morgan fingerprint density at radius 3 is 2.62 bits per heavy atom. The Bertz CT molecular complexity index is 681. The molecule has 1 N–H and O–H groups in total. The summed E-state index contributed by atoms with van der Waals surface area (Å²) >= 11 is 0. The van der Waals surface area contributed by atoms with Gasteiger partial charge in [0, 0.05) is 19.3 Å². The molecule has 2 bridgehead atoms. The van der Waals surface area contributed by atoms with Crippen LogP contribution >= 0.6 is 0 Å². The van der Waals surface area contributed by atoms with Gasteiger partial charge in [0.15, 0.2) is 0 Å². The Hall–Kier alpha value is -1.44. The molecule has 7 heteroatoms. The van der Waals surface area contributed by atoms with Gasteiger partial charge in [-0.3, -0.25) is 9.59 Å². The molecule has 2 aliphatic carbocycles. The molecule has 2 aliphatic heterocycles. The monoisotopic (exact) mass is 366 g/mol. The molecule has 26 heavy (non-hydrogen) atoms. The van der Waals surface area contributed by atoms with E-state index in [1.165, 1.54) is 19.4 Å². The van der Waals surface area contributed by atoms with Crippen molar-refractivity contribution < 1.29 is 33.6 Å². The molecule has 2 saturated heterocycles. The molecule has 7 nitrogen and oxygen atoms in total. The van der Waals surface area contributed by atoms with E-state index >= 15 is 0 Å². The Morgan fingerprint density at radius 1 is 1.35 bits per heavy atom. The zero-order valence-electron chi connectivity index (χ0n) is 15.6. The van der Waals surface area contributed by atoms with Crippen LogP contribution in [0.2, 0.25) is 0 Å². The summed E-state index contributed by atoms with van der Waals surface area (Å²) in [6.45, 7) is 7.31. The van der Waals surface area contributed by atoms with Crippen molar-refractivity contribution in [3.05, 3.63) is 11.6 Å². The second-order valence-electron chi connectivity index (χ2n) is 8.33. The van der Waals surface area contributed by atoms with Gasteiger partial charge in [-0.25, -0.2) is 0 Å². The molecular weight excluding hydrogens is 340 g/mol. The van der Waals surface area contributed by atoms with Gasteiger partial charge < -0.3 is 24.1 Å². The summed E-state index contributed by atoms with van der Waals surface area (Å²) in [5.74, 6) is -0.830. The third-order valence-electron chi connectivity index (χ3n) is 7.08. The number of esters is 2. The van der Waals surface area contributed by atoms with Crippen molar-refractivity contribution in [2.75, 3.05) is 13.2 Å². The van der Waals surface area contributed by atoms with Crippen LogP contribution in [0.1, 0.15) is 40.5 Å². The van der Waals surface area contributed by atoms with E-state index in [0.29, 0.717) is 13.0 Å². The van der Waals surface area contributed by atoms with Crippen LogP contribution < -0.4 is 0 Å². The number of hydrogen-bond acceptors (Lipinski definition) is 7. The quantitative estimate of drug-likeness (QED) is 0.454. The molecule has 1 unspecified atom stereocenters. The Morgan fingerprint density at radius 2 is 2.04 bits per heavy atom. The number of aliphatic hydroxyl groups excluding tert-OH is 1. The summed E-state index contributed by atoms with van der Waals surface area (Å²) in [5.41, 5.74) is -0.890. The topological polar surface area (TPSA) is 94.6 Å². The predicted molar refractivity (Wildman–Crippen MR) is 89.1 cm³/mol. The summed E-state index contributed by atoms with van der Waals surface area (Å²) < 4.78 is 23.3. The average molecular weight is 366 g/mol. The van der Waals surface area contributed by atoms with Gasteiger partial charge in [0.2, 0.25) is 0 Å². The van der Waals surface area contributed by atoms with Crippen LogP contribution in [-0.4, -0.2) is 60.3 Å². The minimum absolute atomic E-state index is 0.135. The van der Waals surface area contributed by atoms with E-state index in [4.69, 9.17) is 18.9 Å². The predicted octanol–water partition coefficient (Wildman–Crippen LogP) is 1.12. The van der Waals surface area contributed by atoms with Gasteiger partial charge in [-0.05, 0) is 19.8 Å². The fourth-order valence-electron chi connectivity index (χ4n) is 5.60. The van der Waals surface area contributed by atoms with Crippen LogP contribution in [-0.2, 0) is 28.5 Å². The molecule has 1 spiro atoms. The second-order valence-corrected chi connectivity index (χ2v) is 8.33. The number of aliphatic hydroxyl groups is 1. The molecule has 1 saturated carbocycles. The summed E-state index contributed by atoms with van der Waals surface area (Å²) in [6.07, 6.45) is 0.896. The summed E-state index contributed by atoms with van der Waals surface area (Å²) in [7, 11) is 0. The summed E-state index contributed by atoms with van der Waals surface area (Å²) in [6, 6.07) is 0. The number of fused-ring (bicyclic) bond motifs is 2. The van der Waals surface area contributed by atoms with Crippen LogP contribution in [0.4, 0.5) is 0 Å². The Kier molecular flexibility index (Phi) is 3.82. The third-order valence-corrected chi connectivity index (χ3v) is 7.08. The highest BCUT2D eigenvalue weighted by molar-refractivity contribution is 5.67. The van der Waals surface area contributed by atoms with E-state index < -0.39 is 40.7 Å². The van der Waals surface area contributed by atoms with Crippen molar-refractivity contribution >= 4 is 11.9 Å². The normalized spacial score (nSPS) is 48.6. The molecule has 0 aromatic carbocycles. The Labute approximate surface area is 152 Å². The first-order chi connectivity index (χ1) is 12.2. The molecule has 0 aromatic rings. The van der Waals surface area contributed by atoms with E-state index in [-0.39, 0.29) is 18.7 Å². The summed E-state index contributed by atoms with van der Waals surface area (Å²) in [4.78, 5) is 23.4. The van der Waals surface area contributed by atoms with Gasteiger partial charge in [-0.1, -0.05) is 18.6 Å². The standard InChI is InChI=1S/C19H26O7/c1-10-5-6-18(8-23-11(2)20)13(7-10)26-16-14(22)15(25-12(3)21)17(18,4)19(16)9-24-19/h7,13-16,22H,5-6,8-9H2,1-4H3/t13?,14-,15-,16-,17-,18-,19+/m0/s1. The van der Waals surface area contributed by atoms with Crippen molar-refractivity contribution in [2.45, 2.75) is 70.6 Å². The van der Waals surface area contributed by atoms with Crippen LogP contribution in [0.15, 0.2) is 11.6 Å². The maximum atomic E-state index is 11.8. The molecule has 144 valence electrons. The van der Waals surface area contributed by atoms with E-state index in [0.717, 1.165) is 6.42 Å². The molecule has 4 aliphatic rings. The smallest absolute Gasteiger partial charge is 0.303 e. The first kappa shape index (κ1) is 17.9. The van der Waals surface area contributed by atoms with Crippen LogP contribution in [0.5, 0.6) is 0 Å². The zero-order valence-corrected chi connectivity index (χ0v) is 15.6. The van der Waals surface area contributed by atoms with Crippen molar-refractivity contribution in [1.29, 1.82) is 0 Å². The lowest BCUT2D eigenvalue weighted by molar-refractivity contribution is -0.233. The van der Waals surface area contributed by atoms with Gasteiger partial charge in [0.05, 0.1) is 18.1 Å². The van der Waals surface area contributed by atoms with Crippen molar-refractivity contribution in [2.24, 2.45) is 10.8 Å². The third kappa shape index (κ3) is 2.05. The molecular formula is C19H26O7. The molecule has 7 atom stereocenters. The minimum atomic E-state index is -0.986. The fourth-order valence-corrected chi connectivity index (χ4v) is 5.60. The van der Waals surface area contributed by atoms with Gasteiger partial charge in [0.25, 0.3) is 0 Å². The SMILES string of the molecule is CC(=O)OC[C@@]12CCC(C)=CC1O[C@H]1[C@@H](O)[C@H](OC(C)=O)[C@]2(C)[C@@]12CO2. The lowest BCUT2D eigenvalue weighted by Gasteiger charge is -2.58. The zero-order chi connectivity index (χ0) is 18.9. The van der Waals surface area contributed by atoms with Crippen LogP contribution in [0, 0.1) is 10.8 Å². The minimum Gasteiger partial charge on any atom is -0.465 e. The maximum absolute atomic E-state index is 11.8. The van der Waals surface area contributed by atoms with Crippen molar-refractivity contribution in [3.8, 4) is 0 Å². The van der Waals surface area contributed by atoms with Gasteiger partial charge in [-0.15, -0.1) is 0 Å². The summed E-state index contributed by atoms with van der Waals surface area (Å²) in [5, 5.41) is 10.9. The molecule has 4 rings (SSSR count).